The van der Waals surface area contributed by atoms with Gasteiger partial charge >= 0.3 is 0 Å². The van der Waals surface area contributed by atoms with E-state index in [0.29, 0.717) is 24.5 Å². The number of benzene rings is 1. The van der Waals surface area contributed by atoms with Crippen LogP contribution in [0, 0.1) is 0 Å². The summed E-state index contributed by atoms with van der Waals surface area (Å²) >= 11 is 0. The molecule has 0 aliphatic carbocycles. The zero-order valence-corrected chi connectivity index (χ0v) is 12.5. The molecule has 0 bridgehead atoms. The molecule has 0 fully saturated rings. The van der Waals surface area contributed by atoms with E-state index < -0.39 is 0 Å². The molecule has 0 aromatic heterocycles. The molecule has 2 heterocycles. The molecule has 3 rings (SSSR count). The fraction of sp³-hybridized carbons (Fsp3) is 0.294. The van der Waals surface area contributed by atoms with E-state index in [1.165, 1.54) is 4.90 Å². The number of allylic oxidation sites excluding steroid dienone is 3. The lowest BCUT2D eigenvalue weighted by molar-refractivity contribution is 0.0422. The molecule has 0 unspecified atom stereocenters. The molecule has 2 amide bonds. The van der Waals surface area contributed by atoms with Crippen LogP contribution < -0.4 is 0 Å². The van der Waals surface area contributed by atoms with Gasteiger partial charge in [0.25, 0.3) is 11.8 Å². The second-order valence-electron chi connectivity index (χ2n) is 5.28. The molecular weight excluding hydrogens is 280 g/mol. The third kappa shape index (κ3) is 2.67. The average Bonchev–Trinajstić information content (AvgIpc) is 2.78. The molecule has 1 aromatic carbocycles. The molecule has 5 nitrogen and oxygen atoms in total. The number of nitrogens with zero attached hydrogens (tertiary/aromatic N) is 2. The fourth-order valence-corrected chi connectivity index (χ4v) is 2.57. The Labute approximate surface area is 129 Å². The Hall–Kier alpha value is -2.40. The van der Waals surface area contributed by atoms with Crippen molar-refractivity contribution < 1.29 is 14.3 Å². The summed E-state index contributed by atoms with van der Waals surface area (Å²) in [6.07, 6.45) is 7.10. The molecule has 0 spiro atoms. The number of imide groups is 1. The Balaban J connectivity index is 1.52. The Morgan fingerprint density at radius 3 is 2.45 bits per heavy atom. The van der Waals surface area contributed by atoms with Crippen LogP contribution in [0.25, 0.3) is 0 Å². The first kappa shape index (κ1) is 14.5. The zero-order chi connectivity index (χ0) is 15.5. The summed E-state index contributed by atoms with van der Waals surface area (Å²) in [7, 11) is 0. The van der Waals surface area contributed by atoms with Crippen molar-refractivity contribution in [1.82, 2.24) is 9.80 Å². The number of rotatable bonds is 5. The van der Waals surface area contributed by atoms with E-state index in [0.717, 1.165) is 12.1 Å². The van der Waals surface area contributed by atoms with Gasteiger partial charge in [-0.2, -0.15) is 0 Å². The van der Waals surface area contributed by atoms with Gasteiger partial charge in [-0.05, 0) is 25.5 Å². The van der Waals surface area contributed by atoms with E-state index in [-0.39, 0.29) is 18.4 Å². The lowest BCUT2D eigenvalue weighted by Crippen LogP contribution is -2.34. The summed E-state index contributed by atoms with van der Waals surface area (Å²) in [6, 6.07) is 6.90. The smallest absolute Gasteiger partial charge is 0.261 e. The molecule has 0 saturated heterocycles. The van der Waals surface area contributed by atoms with Crippen molar-refractivity contribution >= 4 is 11.8 Å². The van der Waals surface area contributed by atoms with Gasteiger partial charge in [0.15, 0.2) is 0 Å². The Morgan fingerprint density at radius 1 is 1.14 bits per heavy atom. The Bertz CT molecular complexity index is 629. The highest BCUT2D eigenvalue weighted by Crippen LogP contribution is 2.22. The highest BCUT2D eigenvalue weighted by atomic mass is 16.5. The minimum atomic E-state index is -0.238. The maximum atomic E-state index is 12.2. The third-order valence-corrected chi connectivity index (χ3v) is 3.86. The van der Waals surface area contributed by atoms with Gasteiger partial charge in [-0.15, -0.1) is 0 Å². The van der Waals surface area contributed by atoms with E-state index in [1.807, 2.05) is 18.0 Å². The summed E-state index contributed by atoms with van der Waals surface area (Å²) in [5, 5.41) is 0. The first-order valence-electron chi connectivity index (χ1n) is 7.31. The Kier molecular flexibility index (Phi) is 4.06. The molecule has 2 aliphatic heterocycles. The van der Waals surface area contributed by atoms with Crippen LogP contribution >= 0.6 is 0 Å². The predicted molar refractivity (Wildman–Crippen MR) is 82.0 cm³/mol. The first-order valence-corrected chi connectivity index (χ1v) is 7.31. The lowest BCUT2D eigenvalue weighted by Gasteiger charge is -2.24. The van der Waals surface area contributed by atoms with Gasteiger partial charge in [0, 0.05) is 11.9 Å². The fourth-order valence-electron chi connectivity index (χ4n) is 2.57. The summed E-state index contributed by atoms with van der Waals surface area (Å²) in [6.45, 7) is 3.04. The third-order valence-electron chi connectivity index (χ3n) is 3.86. The first-order chi connectivity index (χ1) is 10.7. The molecule has 22 heavy (non-hydrogen) atoms. The van der Waals surface area contributed by atoms with E-state index in [9.17, 15) is 9.59 Å². The maximum absolute atomic E-state index is 12.2. The average molecular weight is 298 g/mol. The SMILES string of the molecule is CC1=CCC=CN1COCCN1C(=O)c2ccccc2C1=O. The Morgan fingerprint density at radius 2 is 1.82 bits per heavy atom. The van der Waals surface area contributed by atoms with Gasteiger partial charge in [0.2, 0.25) is 0 Å². The van der Waals surface area contributed by atoms with Crippen LogP contribution in [0.4, 0.5) is 0 Å². The summed E-state index contributed by atoms with van der Waals surface area (Å²) in [5.41, 5.74) is 2.10. The number of hydrogen-bond donors (Lipinski definition) is 0. The topological polar surface area (TPSA) is 49.9 Å². The maximum Gasteiger partial charge on any atom is 0.261 e. The van der Waals surface area contributed by atoms with E-state index in [4.69, 9.17) is 4.74 Å². The van der Waals surface area contributed by atoms with Crippen LogP contribution in [0.5, 0.6) is 0 Å². The van der Waals surface area contributed by atoms with Gasteiger partial charge in [0.1, 0.15) is 6.73 Å². The van der Waals surface area contributed by atoms with E-state index in [1.54, 1.807) is 24.3 Å². The van der Waals surface area contributed by atoms with Crippen molar-refractivity contribution in [3.8, 4) is 0 Å². The molecule has 0 saturated carbocycles. The molecule has 114 valence electrons. The number of ether oxygens (including phenoxy) is 1. The van der Waals surface area contributed by atoms with Crippen molar-refractivity contribution in [2.75, 3.05) is 19.9 Å². The summed E-state index contributed by atoms with van der Waals surface area (Å²) < 4.78 is 5.59. The van der Waals surface area contributed by atoms with Crippen molar-refractivity contribution in [1.29, 1.82) is 0 Å². The molecule has 5 heteroatoms. The van der Waals surface area contributed by atoms with Crippen LogP contribution in [-0.4, -0.2) is 41.5 Å². The van der Waals surface area contributed by atoms with Gasteiger partial charge in [-0.3, -0.25) is 14.5 Å². The van der Waals surface area contributed by atoms with E-state index in [2.05, 4.69) is 12.2 Å². The minimum absolute atomic E-state index is 0.238. The minimum Gasteiger partial charge on any atom is -0.359 e. The van der Waals surface area contributed by atoms with Crippen LogP contribution in [0.15, 0.2) is 48.3 Å². The normalized spacial score (nSPS) is 17.0. The molecule has 0 N–H and O–H groups in total. The zero-order valence-electron chi connectivity index (χ0n) is 12.5. The van der Waals surface area contributed by atoms with Crippen molar-refractivity contribution in [2.24, 2.45) is 0 Å². The number of fused-ring (bicyclic) bond motifs is 1. The second-order valence-corrected chi connectivity index (χ2v) is 5.28. The van der Waals surface area contributed by atoms with Gasteiger partial charge in [-0.25, -0.2) is 0 Å². The lowest BCUT2D eigenvalue weighted by atomic mass is 10.1. The van der Waals surface area contributed by atoms with Gasteiger partial charge < -0.3 is 9.64 Å². The second kappa shape index (κ2) is 6.15. The number of amides is 2. The number of hydrogen-bond acceptors (Lipinski definition) is 4. The monoisotopic (exact) mass is 298 g/mol. The van der Waals surface area contributed by atoms with E-state index >= 15 is 0 Å². The molecule has 0 atom stereocenters. The highest BCUT2D eigenvalue weighted by molar-refractivity contribution is 6.21. The summed E-state index contributed by atoms with van der Waals surface area (Å²) in [4.78, 5) is 27.6. The van der Waals surface area contributed by atoms with Gasteiger partial charge in [0.05, 0.1) is 24.3 Å². The quantitative estimate of drug-likeness (QED) is 0.618. The van der Waals surface area contributed by atoms with Gasteiger partial charge in [-0.1, -0.05) is 24.3 Å². The molecule has 2 aliphatic rings. The number of carbonyl (C=O) groups excluding carboxylic acids is 2. The van der Waals surface area contributed by atoms with Crippen LogP contribution in [0.2, 0.25) is 0 Å². The number of carbonyl (C=O) groups is 2. The van der Waals surface area contributed by atoms with Crippen LogP contribution in [-0.2, 0) is 4.74 Å². The molecule has 1 aromatic rings. The van der Waals surface area contributed by atoms with Crippen molar-refractivity contribution in [3.05, 3.63) is 59.4 Å². The van der Waals surface area contributed by atoms with Crippen LogP contribution in [0.1, 0.15) is 34.1 Å². The van der Waals surface area contributed by atoms with Crippen molar-refractivity contribution in [2.45, 2.75) is 13.3 Å². The molecule has 0 radical (unpaired) electrons. The van der Waals surface area contributed by atoms with Crippen molar-refractivity contribution in [3.63, 3.8) is 0 Å². The highest BCUT2D eigenvalue weighted by Gasteiger charge is 2.34. The predicted octanol–water partition coefficient (Wildman–Crippen LogP) is 2.38. The standard InChI is InChI=1S/C17H18N2O3/c1-13-6-4-5-9-18(13)12-22-11-10-19-16(20)14-7-2-3-8-15(14)17(19)21/h2-3,5-9H,4,10-12H2,1H3. The summed E-state index contributed by atoms with van der Waals surface area (Å²) in [5.74, 6) is -0.476. The molecular formula is C17H18N2O3. The largest absolute Gasteiger partial charge is 0.359 e. The van der Waals surface area contributed by atoms with Crippen LogP contribution in [0.3, 0.4) is 0 Å².